The summed E-state index contributed by atoms with van der Waals surface area (Å²) in [5, 5.41) is 25.3. The number of thiazole rings is 1. The van der Waals surface area contributed by atoms with Crippen molar-refractivity contribution in [3.05, 3.63) is 47.0 Å². The Balaban J connectivity index is 2.14. The Morgan fingerprint density at radius 2 is 1.90 bits per heavy atom. The van der Waals surface area contributed by atoms with Crippen LogP contribution in [0.2, 0.25) is 0 Å². The van der Waals surface area contributed by atoms with E-state index in [0.717, 1.165) is 29.7 Å². The highest BCUT2D eigenvalue weighted by molar-refractivity contribution is 7.92. The molecular formula is C20H29N3O5S2. The van der Waals surface area contributed by atoms with Gasteiger partial charge < -0.3 is 15.5 Å². The van der Waals surface area contributed by atoms with E-state index in [1.807, 2.05) is 37.3 Å². The van der Waals surface area contributed by atoms with E-state index >= 15 is 0 Å². The second kappa shape index (κ2) is 11.4. The molecule has 166 valence electrons. The number of carbonyl (C=O) groups excluding carboxylic acids is 1. The predicted octanol–water partition coefficient (Wildman–Crippen LogP) is 2.16. The lowest BCUT2D eigenvalue weighted by Gasteiger charge is -2.28. The average Bonchev–Trinajstić information content (AvgIpc) is 3.19. The van der Waals surface area contributed by atoms with Gasteiger partial charge in [-0.15, -0.1) is 11.3 Å². The number of hydrogen-bond acceptors (Lipinski definition) is 7. The van der Waals surface area contributed by atoms with E-state index in [1.165, 1.54) is 12.3 Å². The van der Waals surface area contributed by atoms with E-state index in [9.17, 15) is 23.4 Å². The minimum Gasteiger partial charge on any atom is -0.390 e. The van der Waals surface area contributed by atoms with Crippen LogP contribution in [0.4, 0.5) is 5.13 Å². The number of carbonyl (C=O) groups is 1. The smallest absolute Gasteiger partial charge is 0.271 e. The van der Waals surface area contributed by atoms with Crippen molar-refractivity contribution in [2.24, 2.45) is 0 Å². The molecule has 0 radical (unpaired) electrons. The lowest BCUT2D eigenvalue weighted by Crippen LogP contribution is -2.49. The summed E-state index contributed by atoms with van der Waals surface area (Å²) in [4.78, 5) is 16.7. The number of sulfonamides is 1. The number of aliphatic hydroxyl groups is 2. The van der Waals surface area contributed by atoms with E-state index in [-0.39, 0.29) is 16.6 Å². The fourth-order valence-electron chi connectivity index (χ4n) is 2.85. The summed E-state index contributed by atoms with van der Waals surface area (Å²) in [5.41, 5.74) is 0.946. The number of anilines is 1. The summed E-state index contributed by atoms with van der Waals surface area (Å²) < 4.78 is 25.7. The van der Waals surface area contributed by atoms with Crippen LogP contribution in [0.1, 0.15) is 49.2 Å². The number of rotatable bonds is 12. The van der Waals surface area contributed by atoms with Crippen LogP contribution in [-0.4, -0.2) is 53.5 Å². The van der Waals surface area contributed by atoms with Gasteiger partial charge in [-0.3, -0.25) is 9.52 Å². The van der Waals surface area contributed by atoms with Gasteiger partial charge in [-0.05, 0) is 25.3 Å². The fraction of sp³-hybridized carbons (Fsp3) is 0.500. The fourth-order valence-corrected chi connectivity index (χ4v) is 4.41. The summed E-state index contributed by atoms with van der Waals surface area (Å²) in [6, 6.07) is 8.62. The second-order valence-electron chi connectivity index (χ2n) is 7.01. The number of amides is 1. The first kappa shape index (κ1) is 24.3. The van der Waals surface area contributed by atoms with Gasteiger partial charge in [-0.2, -0.15) is 0 Å². The Kier molecular flexibility index (Phi) is 9.22. The molecule has 0 aliphatic rings. The van der Waals surface area contributed by atoms with Crippen LogP contribution in [0, 0.1) is 0 Å². The molecule has 0 saturated carbocycles. The molecule has 30 heavy (non-hydrogen) atoms. The standard InChI is InChI=1S/C20H29N3O5S2/c1-3-5-11-17(24)18(25)15(12-14-9-7-6-8-10-14)21-19(26)16-13-29-20(22-16)23-30(27,28)4-2/h6-10,13,15,17-18,24-25H,3-5,11-12H2,1-2H3,(H,21,26)(H,22,23). The third-order valence-corrected chi connectivity index (χ3v) is 6.79. The molecule has 4 N–H and O–H groups in total. The van der Waals surface area contributed by atoms with Crippen molar-refractivity contribution in [3.63, 3.8) is 0 Å². The topological polar surface area (TPSA) is 129 Å². The van der Waals surface area contributed by atoms with Gasteiger partial charge in [0, 0.05) is 5.38 Å². The van der Waals surface area contributed by atoms with Crippen molar-refractivity contribution in [3.8, 4) is 0 Å². The van der Waals surface area contributed by atoms with Crippen LogP contribution < -0.4 is 10.0 Å². The molecule has 0 fully saturated rings. The van der Waals surface area contributed by atoms with Gasteiger partial charge in [0.1, 0.15) is 11.8 Å². The number of nitrogens with one attached hydrogen (secondary N) is 2. The molecule has 2 aromatic rings. The normalized spacial score (nSPS) is 14.7. The molecule has 1 aromatic heterocycles. The van der Waals surface area contributed by atoms with Crippen molar-refractivity contribution < 1.29 is 23.4 Å². The summed E-state index contributed by atoms with van der Waals surface area (Å²) in [6.45, 7) is 3.50. The van der Waals surface area contributed by atoms with Gasteiger partial charge in [0.25, 0.3) is 5.91 Å². The van der Waals surface area contributed by atoms with E-state index in [1.54, 1.807) is 0 Å². The zero-order valence-electron chi connectivity index (χ0n) is 17.1. The van der Waals surface area contributed by atoms with Gasteiger partial charge in [0.2, 0.25) is 10.0 Å². The van der Waals surface area contributed by atoms with Gasteiger partial charge in [0.15, 0.2) is 5.13 Å². The number of unbranched alkanes of at least 4 members (excludes halogenated alkanes) is 1. The highest BCUT2D eigenvalue weighted by atomic mass is 32.2. The quantitative estimate of drug-likeness (QED) is 0.388. The molecule has 1 heterocycles. The summed E-state index contributed by atoms with van der Waals surface area (Å²) in [7, 11) is -3.49. The van der Waals surface area contributed by atoms with Crippen LogP contribution >= 0.6 is 11.3 Å². The summed E-state index contributed by atoms with van der Waals surface area (Å²) in [6.07, 6.45) is 0.277. The first-order valence-electron chi connectivity index (χ1n) is 9.92. The predicted molar refractivity (Wildman–Crippen MR) is 118 cm³/mol. The Hall–Kier alpha value is -2.01. The monoisotopic (exact) mass is 455 g/mol. The van der Waals surface area contributed by atoms with E-state index in [2.05, 4.69) is 15.0 Å². The van der Waals surface area contributed by atoms with Crippen molar-refractivity contribution in [2.75, 3.05) is 10.5 Å². The minimum atomic E-state index is -3.49. The van der Waals surface area contributed by atoms with Gasteiger partial charge in [-0.25, -0.2) is 13.4 Å². The number of benzene rings is 1. The molecule has 0 aliphatic heterocycles. The number of nitrogens with zero attached hydrogens (tertiary/aromatic N) is 1. The molecule has 0 bridgehead atoms. The number of aromatic nitrogens is 1. The first-order chi connectivity index (χ1) is 14.3. The van der Waals surface area contributed by atoms with E-state index < -0.39 is 34.2 Å². The van der Waals surface area contributed by atoms with Crippen LogP contribution in [0.25, 0.3) is 0 Å². The minimum absolute atomic E-state index is 0.0436. The van der Waals surface area contributed by atoms with Gasteiger partial charge in [0.05, 0.1) is 17.9 Å². The van der Waals surface area contributed by atoms with Crippen LogP contribution in [0.15, 0.2) is 35.7 Å². The van der Waals surface area contributed by atoms with Crippen molar-refractivity contribution in [1.29, 1.82) is 0 Å². The Morgan fingerprint density at radius 3 is 2.53 bits per heavy atom. The molecule has 1 aromatic carbocycles. The molecule has 0 aliphatic carbocycles. The second-order valence-corrected chi connectivity index (χ2v) is 9.88. The Bertz CT molecular complexity index is 902. The SMILES string of the molecule is CCCCC(O)C(O)C(Cc1ccccc1)NC(=O)c1csc(NS(=O)(=O)CC)n1. The number of aliphatic hydroxyl groups excluding tert-OH is 2. The van der Waals surface area contributed by atoms with Crippen LogP contribution in [-0.2, 0) is 16.4 Å². The van der Waals surface area contributed by atoms with Crippen LogP contribution in [0.3, 0.4) is 0 Å². The largest absolute Gasteiger partial charge is 0.390 e. The van der Waals surface area contributed by atoms with Gasteiger partial charge >= 0.3 is 0 Å². The third kappa shape index (κ3) is 7.35. The molecular weight excluding hydrogens is 426 g/mol. The molecule has 1 amide bonds. The van der Waals surface area contributed by atoms with Gasteiger partial charge in [-0.1, -0.05) is 50.1 Å². The molecule has 3 unspecified atom stereocenters. The van der Waals surface area contributed by atoms with Crippen molar-refractivity contribution >= 4 is 32.4 Å². The number of hydrogen-bond donors (Lipinski definition) is 4. The van der Waals surface area contributed by atoms with E-state index in [4.69, 9.17) is 0 Å². The average molecular weight is 456 g/mol. The highest BCUT2D eigenvalue weighted by Crippen LogP contribution is 2.18. The first-order valence-corrected chi connectivity index (χ1v) is 12.5. The van der Waals surface area contributed by atoms with Crippen LogP contribution in [0.5, 0.6) is 0 Å². The summed E-state index contributed by atoms with van der Waals surface area (Å²) >= 11 is 1.00. The van der Waals surface area contributed by atoms with Crippen molar-refractivity contribution in [1.82, 2.24) is 10.3 Å². The maximum atomic E-state index is 12.7. The molecule has 10 heteroatoms. The maximum absolute atomic E-state index is 12.7. The lowest BCUT2D eigenvalue weighted by atomic mass is 9.95. The van der Waals surface area contributed by atoms with E-state index in [0.29, 0.717) is 12.8 Å². The Labute approximate surface area is 181 Å². The lowest BCUT2D eigenvalue weighted by molar-refractivity contribution is -0.00817. The highest BCUT2D eigenvalue weighted by Gasteiger charge is 2.28. The zero-order chi connectivity index (χ0) is 22.1. The Morgan fingerprint density at radius 1 is 1.20 bits per heavy atom. The zero-order valence-corrected chi connectivity index (χ0v) is 18.7. The molecule has 0 saturated heterocycles. The molecule has 8 nitrogen and oxygen atoms in total. The third-order valence-electron chi connectivity index (χ3n) is 4.63. The molecule has 2 rings (SSSR count). The maximum Gasteiger partial charge on any atom is 0.271 e. The summed E-state index contributed by atoms with van der Waals surface area (Å²) in [5.74, 6) is -0.648. The molecule has 3 atom stereocenters. The molecule has 0 spiro atoms. The van der Waals surface area contributed by atoms with Crippen molar-refractivity contribution in [2.45, 2.75) is 57.8 Å².